The first-order valence-electron chi connectivity index (χ1n) is 9.22. The smallest absolute Gasteiger partial charge is 0.226 e. The second-order valence-electron chi connectivity index (χ2n) is 6.66. The molecule has 1 amide bonds. The van der Waals surface area contributed by atoms with Crippen LogP contribution in [0.15, 0.2) is 34.9 Å². The average Bonchev–Trinajstić information content (AvgIpc) is 3.15. The van der Waals surface area contributed by atoms with Gasteiger partial charge < -0.3 is 24.1 Å². The highest BCUT2D eigenvalue weighted by molar-refractivity contribution is 5.78. The quantitative estimate of drug-likeness (QED) is 0.726. The molecule has 0 radical (unpaired) electrons. The second-order valence-corrected chi connectivity index (χ2v) is 6.66. The summed E-state index contributed by atoms with van der Waals surface area (Å²) in [7, 11) is 1.64. The third kappa shape index (κ3) is 6.37. The summed E-state index contributed by atoms with van der Waals surface area (Å²) in [4.78, 5) is 12.1. The summed E-state index contributed by atoms with van der Waals surface area (Å²) in [5.74, 6) is 1.88. The number of carbonyl (C=O) groups is 1. The van der Waals surface area contributed by atoms with E-state index in [4.69, 9.17) is 18.7 Å². The van der Waals surface area contributed by atoms with Gasteiger partial charge in [-0.15, -0.1) is 0 Å². The van der Waals surface area contributed by atoms with Gasteiger partial charge in [-0.1, -0.05) is 17.3 Å². The van der Waals surface area contributed by atoms with Gasteiger partial charge in [0.2, 0.25) is 5.91 Å². The molecule has 0 saturated carbocycles. The monoisotopic (exact) mass is 374 g/mol. The molecule has 0 atom stereocenters. The average molecular weight is 374 g/mol. The molecule has 1 aliphatic heterocycles. The van der Waals surface area contributed by atoms with Crippen LogP contribution < -0.4 is 10.1 Å². The summed E-state index contributed by atoms with van der Waals surface area (Å²) in [5.41, 5.74) is 1.66. The molecule has 1 N–H and O–H groups in total. The van der Waals surface area contributed by atoms with Crippen molar-refractivity contribution in [3.63, 3.8) is 0 Å². The van der Waals surface area contributed by atoms with E-state index >= 15 is 0 Å². The Bertz CT molecular complexity index is 707. The Morgan fingerprint density at radius 2 is 2.00 bits per heavy atom. The summed E-state index contributed by atoms with van der Waals surface area (Å²) in [6.45, 7) is 3.03. The topological polar surface area (TPSA) is 82.8 Å². The van der Waals surface area contributed by atoms with E-state index in [2.05, 4.69) is 10.5 Å². The number of benzene rings is 1. The Labute approximate surface area is 159 Å². The first kappa shape index (κ1) is 19.4. The Kier molecular flexibility index (Phi) is 7.24. The number of rotatable bonds is 9. The van der Waals surface area contributed by atoms with E-state index in [0.717, 1.165) is 37.4 Å². The fourth-order valence-corrected chi connectivity index (χ4v) is 2.93. The molecule has 1 aromatic carbocycles. The van der Waals surface area contributed by atoms with E-state index in [1.54, 1.807) is 13.2 Å². The van der Waals surface area contributed by atoms with Crippen molar-refractivity contribution in [3.05, 3.63) is 47.3 Å². The van der Waals surface area contributed by atoms with E-state index < -0.39 is 0 Å². The first-order chi connectivity index (χ1) is 13.2. The number of nitrogens with zero attached hydrogens (tertiary/aromatic N) is 1. The summed E-state index contributed by atoms with van der Waals surface area (Å²) >= 11 is 0. The minimum Gasteiger partial charge on any atom is -0.497 e. The van der Waals surface area contributed by atoms with Gasteiger partial charge in [0.15, 0.2) is 5.76 Å². The van der Waals surface area contributed by atoms with Crippen LogP contribution >= 0.6 is 0 Å². The molecular weight excluding hydrogens is 348 g/mol. The molecule has 3 rings (SSSR count). The van der Waals surface area contributed by atoms with Crippen LogP contribution in [0.1, 0.15) is 29.9 Å². The number of carbonyl (C=O) groups excluding carboxylic acids is 1. The normalized spacial score (nSPS) is 14.9. The molecule has 146 valence electrons. The van der Waals surface area contributed by atoms with Crippen LogP contribution in [0.4, 0.5) is 0 Å². The molecule has 0 spiro atoms. The highest BCUT2D eigenvalue weighted by Crippen LogP contribution is 2.14. The third-order valence-electron chi connectivity index (χ3n) is 4.55. The van der Waals surface area contributed by atoms with Crippen LogP contribution in [0.2, 0.25) is 0 Å². The number of hydrogen-bond donors (Lipinski definition) is 1. The van der Waals surface area contributed by atoms with Crippen LogP contribution in [-0.4, -0.2) is 37.9 Å². The maximum Gasteiger partial charge on any atom is 0.226 e. The molecule has 2 aromatic rings. The predicted octanol–water partition coefficient (Wildman–Crippen LogP) is 2.49. The number of amides is 1. The molecule has 7 heteroatoms. The molecule has 2 heterocycles. The number of methoxy groups -OCH3 is 1. The van der Waals surface area contributed by atoms with Crippen molar-refractivity contribution in [3.8, 4) is 5.75 Å². The largest absolute Gasteiger partial charge is 0.497 e. The minimum atomic E-state index is -0.0412. The highest BCUT2D eigenvalue weighted by atomic mass is 16.5. The second kappa shape index (κ2) is 10.1. The number of hydrogen-bond acceptors (Lipinski definition) is 6. The van der Waals surface area contributed by atoms with Crippen molar-refractivity contribution < 1.29 is 23.5 Å². The predicted molar refractivity (Wildman–Crippen MR) is 98.2 cm³/mol. The maximum absolute atomic E-state index is 12.1. The molecule has 1 aromatic heterocycles. The van der Waals surface area contributed by atoms with Crippen LogP contribution in [0.5, 0.6) is 5.75 Å². The van der Waals surface area contributed by atoms with Crippen molar-refractivity contribution in [2.75, 3.05) is 26.9 Å². The number of aromatic nitrogens is 1. The maximum atomic E-state index is 12.1. The van der Waals surface area contributed by atoms with E-state index in [1.807, 2.05) is 24.3 Å². The lowest BCUT2D eigenvalue weighted by molar-refractivity contribution is -0.120. The zero-order chi connectivity index (χ0) is 18.9. The van der Waals surface area contributed by atoms with E-state index in [1.165, 1.54) is 0 Å². The van der Waals surface area contributed by atoms with E-state index in [9.17, 15) is 4.79 Å². The highest BCUT2D eigenvalue weighted by Gasteiger charge is 2.15. The fraction of sp³-hybridized carbons (Fsp3) is 0.500. The Hall–Kier alpha value is -2.38. The van der Waals surface area contributed by atoms with Crippen molar-refractivity contribution >= 4 is 5.91 Å². The third-order valence-corrected chi connectivity index (χ3v) is 4.55. The molecule has 7 nitrogen and oxygen atoms in total. The lowest BCUT2D eigenvalue weighted by atomic mass is 10.0. The van der Waals surface area contributed by atoms with Gasteiger partial charge in [-0.3, -0.25) is 4.79 Å². The van der Waals surface area contributed by atoms with Gasteiger partial charge in [-0.25, -0.2) is 0 Å². The molecular formula is C20H26N2O5. The summed E-state index contributed by atoms with van der Waals surface area (Å²) in [5, 5.41) is 6.91. The first-order valence-corrected chi connectivity index (χ1v) is 9.22. The van der Waals surface area contributed by atoms with Crippen molar-refractivity contribution in [2.24, 2.45) is 5.92 Å². The van der Waals surface area contributed by atoms with Crippen LogP contribution in [0, 0.1) is 5.92 Å². The molecule has 0 unspecified atom stereocenters. The summed E-state index contributed by atoms with van der Waals surface area (Å²) in [6, 6.07) is 9.46. The number of ether oxygens (including phenoxy) is 3. The Balaban J connectivity index is 1.36. The van der Waals surface area contributed by atoms with Gasteiger partial charge in [-0.2, -0.15) is 0 Å². The van der Waals surface area contributed by atoms with Crippen LogP contribution in [0.3, 0.4) is 0 Å². The van der Waals surface area contributed by atoms with E-state index in [-0.39, 0.29) is 12.3 Å². The van der Waals surface area contributed by atoms with E-state index in [0.29, 0.717) is 37.1 Å². The van der Waals surface area contributed by atoms with Gasteiger partial charge >= 0.3 is 0 Å². The fourth-order valence-electron chi connectivity index (χ4n) is 2.93. The zero-order valence-electron chi connectivity index (χ0n) is 15.6. The number of nitrogens with one attached hydrogen (secondary N) is 1. The molecule has 0 bridgehead atoms. The Morgan fingerprint density at radius 1 is 1.22 bits per heavy atom. The van der Waals surface area contributed by atoms with Crippen molar-refractivity contribution in [1.29, 1.82) is 0 Å². The molecule has 0 aliphatic carbocycles. The van der Waals surface area contributed by atoms with Crippen molar-refractivity contribution in [1.82, 2.24) is 10.5 Å². The lowest BCUT2D eigenvalue weighted by Gasteiger charge is -2.21. The minimum absolute atomic E-state index is 0.0412. The SMILES string of the molecule is COc1ccc(COCc2cc(CC(=O)NCC3CCOCC3)no2)cc1. The van der Waals surface area contributed by atoms with Gasteiger partial charge in [-0.05, 0) is 36.5 Å². The zero-order valence-corrected chi connectivity index (χ0v) is 15.6. The lowest BCUT2D eigenvalue weighted by Crippen LogP contribution is -2.33. The van der Waals surface area contributed by atoms with Gasteiger partial charge in [0.1, 0.15) is 12.4 Å². The standard InChI is InChI=1S/C20H26N2O5/c1-24-18-4-2-16(3-5-18)13-26-14-19-10-17(22-27-19)11-20(23)21-12-15-6-8-25-9-7-15/h2-5,10,15H,6-9,11-14H2,1H3,(H,21,23). The molecule has 1 fully saturated rings. The van der Waals surface area contributed by atoms with Gasteiger partial charge in [0.25, 0.3) is 0 Å². The summed E-state index contributed by atoms with van der Waals surface area (Å²) in [6.07, 6.45) is 2.21. The van der Waals surface area contributed by atoms with Crippen LogP contribution in [0.25, 0.3) is 0 Å². The molecule has 27 heavy (non-hydrogen) atoms. The van der Waals surface area contributed by atoms with Crippen molar-refractivity contribution in [2.45, 2.75) is 32.5 Å². The summed E-state index contributed by atoms with van der Waals surface area (Å²) < 4.78 is 21.3. The van der Waals surface area contributed by atoms with Crippen LogP contribution in [-0.2, 0) is 33.9 Å². The molecule has 1 saturated heterocycles. The van der Waals surface area contributed by atoms with Gasteiger partial charge in [0.05, 0.1) is 25.8 Å². The Morgan fingerprint density at radius 3 is 2.74 bits per heavy atom. The molecule has 1 aliphatic rings. The van der Waals surface area contributed by atoms with Gasteiger partial charge in [0, 0.05) is 25.8 Å².